The number of rotatable bonds is 16. The third-order valence-electron chi connectivity index (χ3n) is 8.39. The molecule has 0 saturated heterocycles. The van der Waals surface area contributed by atoms with Crippen molar-refractivity contribution >= 4 is 5.69 Å². The Morgan fingerprint density at radius 1 is 0.723 bits per heavy atom. The average Bonchev–Trinajstić information content (AvgIpc) is 3.12. The van der Waals surface area contributed by atoms with Crippen LogP contribution >= 0.6 is 0 Å². The average molecular weight is 633 g/mol. The van der Waals surface area contributed by atoms with Gasteiger partial charge in [-0.05, 0) is 64.6 Å². The SMILES string of the molecule is COc1ccc(C(CCN(Cc2ccccc2)[C@@H](CO)c2ccc(OCc3ccccc3)c([N+](=O)[O-])c2)c2ccc(OC)cc2)cc1. The Balaban J connectivity index is 1.45. The largest absolute Gasteiger partial charge is 0.497 e. The molecule has 0 aromatic heterocycles. The molecule has 0 aliphatic heterocycles. The fraction of sp³-hybridized carbons (Fsp3) is 0.231. The lowest BCUT2D eigenvalue weighted by atomic mass is 9.88. The molecular formula is C39H40N2O6. The van der Waals surface area contributed by atoms with E-state index < -0.39 is 11.0 Å². The van der Waals surface area contributed by atoms with Crippen molar-refractivity contribution in [3.8, 4) is 17.2 Å². The van der Waals surface area contributed by atoms with E-state index in [0.29, 0.717) is 18.7 Å². The maximum absolute atomic E-state index is 12.2. The molecule has 0 aliphatic rings. The van der Waals surface area contributed by atoms with Crippen LogP contribution in [0.15, 0.2) is 127 Å². The minimum atomic E-state index is -0.496. The maximum atomic E-state index is 12.2. The van der Waals surface area contributed by atoms with Crippen LogP contribution < -0.4 is 14.2 Å². The van der Waals surface area contributed by atoms with Crippen molar-refractivity contribution in [2.45, 2.75) is 31.5 Å². The molecule has 242 valence electrons. The first-order valence-corrected chi connectivity index (χ1v) is 15.6. The highest BCUT2D eigenvalue weighted by Crippen LogP contribution is 2.35. The first kappa shape index (κ1) is 33.2. The lowest BCUT2D eigenvalue weighted by molar-refractivity contribution is -0.386. The number of methoxy groups -OCH3 is 2. The molecule has 0 aliphatic carbocycles. The second kappa shape index (κ2) is 16.4. The number of nitro groups is 1. The Morgan fingerprint density at radius 2 is 1.26 bits per heavy atom. The number of hydrogen-bond acceptors (Lipinski definition) is 7. The number of hydrogen-bond donors (Lipinski definition) is 1. The Bertz CT molecular complexity index is 1650. The summed E-state index contributed by atoms with van der Waals surface area (Å²) < 4.78 is 16.7. The number of nitrogens with zero attached hydrogens (tertiary/aromatic N) is 2. The lowest BCUT2D eigenvalue weighted by Gasteiger charge is -2.32. The van der Waals surface area contributed by atoms with E-state index in [-0.39, 0.29) is 30.6 Å². The van der Waals surface area contributed by atoms with E-state index in [1.165, 1.54) is 6.07 Å². The zero-order valence-electron chi connectivity index (χ0n) is 26.7. The van der Waals surface area contributed by atoms with Gasteiger partial charge in [-0.1, -0.05) is 91.0 Å². The standard InChI is InChI=1S/C39H40N2O6/c1-45-34-18-13-31(14-19-34)36(32-15-20-35(46-2)21-16-32)23-24-40(26-29-9-5-3-6-10-29)38(27-42)33-17-22-39(37(25-33)41(43)44)47-28-30-11-7-4-8-12-30/h3-22,25,36,38,42H,23-24,26-28H2,1-2H3/t38-/m0/s1. The first-order valence-electron chi connectivity index (χ1n) is 15.6. The maximum Gasteiger partial charge on any atom is 0.311 e. The number of aliphatic hydroxyl groups excluding tert-OH is 1. The van der Waals surface area contributed by atoms with Gasteiger partial charge in [0.1, 0.15) is 18.1 Å². The second-order valence-electron chi connectivity index (χ2n) is 11.3. The van der Waals surface area contributed by atoms with Crippen LogP contribution in [0.3, 0.4) is 0 Å². The first-order chi connectivity index (χ1) is 23.0. The Morgan fingerprint density at radius 3 is 1.77 bits per heavy atom. The summed E-state index contributed by atoms with van der Waals surface area (Å²) in [5.74, 6) is 1.79. The monoisotopic (exact) mass is 632 g/mol. The van der Waals surface area contributed by atoms with Gasteiger partial charge in [0.2, 0.25) is 0 Å². The molecule has 47 heavy (non-hydrogen) atoms. The molecule has 0 amide bonds. The van der Waals surface area contributed by atoms with Crippen molar-refractivity contribution in [2.24, 2.45) is 0 Å². The molecule has 5 aromatic carbocycles. The molecule has 5 aromatic rings. The van der Waals surface area contributed by atoms with E-state index in [1.807, 2.05) is 78.9 Å². The van der Waals surface area contributed by atoms with Crippen LogP contribution in [-0.2, 0) is 13.2 Å². The Kier molecular flexibility index (Phi) is 11.6. The molecule has 5 rings (SSSR count). The second-order valence-corrected chi connectivity index (χ2v) is 11.3. The van der Waals surface area contributed by atoms with E-state index in [2.05, 4.69) is 41.3 Å². The highest BCUT2D eigenvalue weighted by molar-refractivity contribution is 5.49. The van der Waals surface area contributed by atoms with Gasteiger partial charge in [0.25, 0.3) is 0 Å². The summed E-state index contributed by atoms with van der Waals surface area (Å²) in [5, 5.41) is 23.0. The smallest absolute Gasteiger partial charge is 0.311 e. The van der Waals surface area contributed by atoms with Gasteiger partial charge in [-0.3, -0.25) is 15.0 Å². The van der Waals surface area contributed by atoms with Gasteiger partial charge in [0, 0.05) is 25.1 Å². The van der Waals surface area contributed by atoms with Gasteiger partial charge >= 0.3 is 5.69 Å². The van der Waals surface area contributed by atoms with Crippen molar-refractivity contribution in [3.05, 3.63) is 165 Å². The molecule has 0 fully saturated rings. The topological polar surface area (TPSA) is 94.3 Å². The van der Waals surface area contributed by atoms with Gasteiger partial charge < -0.3 is 19.3 Å². The Labute approximate surface area is 275 Å². The fourth-order valence-corrected chi connectivity index (χ4v) is 5.83. The van der Waals surface area contributed by atoms with Crippen molar-refractivity contribution < 1.29 is 24.2 Å². The van der Waals surface area contributed by atoms with Gasteiger partial charge in [0.05, 0.1) is 31.8 Å². The van der Waals surface area contributed by atoms with Gasteiger partial charge in [-0.15, -0.1) is 0 Å². The van der Waals surface area contributed by atoms with Gasteiger partial charge in [0.15, 0.2) is 5.75 Å². The molecule has 0 heterocycles. The number of nitro benzene ring substituents is 1. The molecule has 8 heteroatoms. The molecule has 1 atom stereocenters. The minimum absolute atomic E-state index is 0.0347. The van der Waals surface area contributed by atoms with E-state index in [0.717, 1.165) is 40.2 Å². The molecule has 0 spiro atoms. The zero-order chi connectivity index (χ0) is 33.0. The third-order valence-corrected chi connectivity index (χ3v) is 8.39. The van der Waals surface area contributed by atoms with Crippen molar-refractivity contribution in [2.75, 3.05) is 27.4 Å². The molecule has 0 saturated carbocycles. The van der Waals surface area contributed by atoms with E-state index in [1.54, 1.807) is 20.3 Å². The van der Waals surface area contributed by atoms with Crippen LogP contribution in [0, 0.1) is 10.1 Å². The summed E-state index contributed by atoms with van der Waals surface area (Å²) >= 11 is 0. The summed E-state index contributed by atoms with van der Waals surface area (Å²) in [5.41, 5.74) is 4.77. The molecule has 1 N–H and O–H groups in total. The van der Waals surface area contributed by atoms with Crippen molar-refractivity contribution in [1.29, 1.82) is 0 Å². The van der Waals surface area contributed by atoms with E-state index in [9.17, 15) is 15.2 Å². The van der Waals surface area contributed by atoms with Crippen LogP contribution in [0.2, 0.25) is 0 Å². The Hall–Kier alpha value is -5.18. The molecule has 8 nitrogen and oxygen atoms in total. The highest BCUT2D eigenvalue weighted by atomic mass is 16.6. The molecule has 0 unspecified atom stereocenters. The summed E-state index contributed by atoms with van der Waals surface area (Å²) in [7, 11) is 3.30. The van der Waals surface area contributed by atoms with E-state index in [4.69, 9.17) is 14.2 Å². The molecular weight excluding hydrogens is 592 g/mol. The summed E-state index contributed by atoms with van der Waals surface area (Å²) in [4.78, 5) is 14.0. The number of benzene rings is 5. The van der Waals surface area contributed by atoms with Crippen LogP contribution in [0.4, 0.5) is 5.69 Å². The zero-order valence-corrected chi connectivity index (χ0v) is 26.7. The van der Waals surface area contributed by atoms with E-state index >= 15 is 0 Å². The van der Waals surface area contributed by atoms with Crippen LogP contribution in [-0.4, -0.2) is 42.3 Å². The molecule has 0 radical (unpaired) electrons. The van der Waals surface area contributed by atoms with Crippen LogP contribution in [0.1, 0.15) is 46.2 Å². The molecule has 0 bridgehead atoms. The fourth-order valence-electron chi connectivity index (χ4n) is 5.83. The van der Waals surface area contributed by atoms with Crippen LogP contribution in [0.5, 0.6) is 17.2 Å². The third kappa shape index (κ3) is 8.76. The van der Waals surface area contributed by atoms with Crippen LogP contribution in [0.25, 0.3) is 0 Å². The van der Waals surface area contributed by atoms with Crippen molar-refractivity contribution in [3.63, 3.8) is 0 Å². The predicted octanol–water partition coefficient (Wildman–Crippen LogP) is 7.95. The lowest BCUT2D eigenvalue weighted by Crippen LogP contribution is -2.32. The van der Waals surface area contributed by atoms with Crippen molar-refractivity contribution in [1.82, 2.24) is 4.90 Å². The predicted molar refractivity (Wildman–Crippen MR) is 183 cm³/mol. The summed E-state index contributed by atoms with van der Waals surface area (Å²) in [6, 6.07) is 40.2. The summed E-state index contributed by atoms with van der Waals surface area (Å²) in [6.45, 7) is 1.14. The highest BCUT2D eigenvalue weighted by Gasteiger charge is 2.26. The number of ether oxygens (including phenoxy) is 3. The quantitative estimate of drug-likeness (QED) is 0.0872. The normalized spacial score (nSPS) is 11.8. The summed E-state index contributed by atoms with van der Waals surface area (Å²) in [6.07, 6.45) is 0.725. The number of aliphatic hydroxyl groups is 1. The van der Waals surface area contributed by atoms with Gasteiger partial charge in [-0.2, -0.15) is 0 Å². The minimum Gasteiger partial charge on any atom is -0.497 e. The van der Waals surface area contributed by atoms with Gasteiger partial charge in [-0.25, -0.2) is 0 Å².